The number of methoxy groups -OCH3 is 1. The molecular weight excluding hydrogens is 286 g/mol. The first-order valence-corrected chi connectivity index (χ1v) is 7.29. The van der Waals surface area contributed by atoms with Gasteiger partial charge in [0.2, 0.25) is 0 Å². The van der Waals surface area contributed by atoms with Crippen molar-refractivity contribution in [2.75, 3.05) is 27.7 Å². The first-order chi connectivity index (χ1) is 10.3. The molecule has 0 aliphatic heterocycles. The molecule has 22 heavy (non-hydrogen) atoms. The summed E-state index contributed by atoms with van der Waals surface area (Å²) in [7, 11) is 5.24. The maximum absolute atomic E-state index is 12.3. The van der Waals surface area contributed by atoms with Crippen LogP contribution in [0.15, 0.2) is 11.0 Å². The molecule has 1 heterocycles. The number of carboxylic acids is 1. The van der Waals surface area contributed by atoms with Gasteiger partial charge in [-0.15, -0.1) is 0 Å². The number of hydrogen-bond donors (Lipinski definition) is 1. The third kappa shape index (κ3) is 4.84. The smallest absolute Gasteiger partial charge is 0.326 e. The Morgan fingerprint density at radius 2 is 2.09 bits per heavy atom. The molecule has 1 aromatic heterocycles. The first kappa shape index (κ1) is 18.2. The van der Waals surface area contributed by atoms with Gasteiger partial charge in [0.25, 0.3) is 5.88 Å². The molecule has 0 amide bonds. The second kappa shape index (κ2) is 7.93. The molecule has 1 aromatic rings. The van der Waals surface area contributed by atoms with E-state index < -0.39 is 17.6 Å². The summed E-state index contributed by atoms with van der Waals surface area (Å²) in [5.41, 5.74) is 0.129. The van der Waals surface area contributed by atoms with Gasteiger partial charge in [0.15, 0.2) is 0 Å². The van der Waals surface area contributed by atoms with Crippen molar-refractivity contribution in [1.29, 1.82) is 0 Å². The van der Waals surface area contributed by atoms with E-state index in [1.54, 1.807) is 0 Å². The Labute approximate surface area is 130 Å². The number of carbonyl (C=O) groups is 1. The van der Waals surface area contributed by atoms with Crippen molar-refractivity contribution in [2.24, 2.45) is 5.92 Å². The summed E-state index contributed by atoms with van der Waals surface area (Å²) >= 11 is 0. The van der Waals surface area contributed by atoms with E-state index in [0.717, 1.165) is 6.54 Å². The van der Waals surface area contributed by atoms with Crippen molar-refractivity contribution in [1.82, 2.24) is 14.5 Å². The van der Waals surface area contributed by atoms with Crippen LogP contribution in [0.2, 0.25) is 0 Å². The normalized spacial score (nSPS) is 12.7. The predicted octanol–water partition coefficient (Wildman–Crippen LogP) is 1.03. The molecule has 0 aliphatic rings. The summed E-state index contributed by atoms with van der Waals surface area (Å²) in [6.07, 6.45) is 2.52. The van der Waals surface area contributed by atoms with Crippen LogP contribution in [0, 0.1) is 5.92 Å². The van der Waals surface area contributed by atoms with Crippen molar-refractivity contribution in [3.8, 4) is 5.88 Å². The monoisotopic (exact) mass is 311 g/mol. The van der Waals surface area contributed by atoms with Gasteiger partial charge >= 0.3 is 11.5 Å². The van der Waals surface area contributed by atoms with Crippen molar-refractivity contribution >= 4 is 5.97 Å². The van der Waals surface area contributed by atoms with Crippen molar-refractivity contribution in [3.05, 3.63) is 22.2 Å². The maximum atomic E-state index is 12.3. The second-order valence-corrected chi connectivity index (χ2v) is 5.99. The third-order valence-electron chi connectivity index (χ3n) is 3.27. The number of hydrogen-bond acceptors (Lipinski definition) is 5. The van der Waals surface area contributed by atoms with Crippen LogP contribution in [0.5, 0.6) is 5.88 Å². The molecule has 0 saturated heterocycles. The fourth-order valence-electron chi connectivity index (χ4n) is 2.14. The fraction of sp³-hybridized carbons (Fsp3) is 0.667. The van der Waals surface area contributed by atoms with Crippen LogP contribution in [-0.4, -0.2) is 53.3 Å². The number of likely N-dealkylation sites (N-methyl/N-ethyl adjacent to an activating group) is 1. The van der Waals surface area contributed by atoms with Gasteiger partial charge in [0, 0.05) is 19.2 Å². The topological polar surface area (TPSA) is 84.7 Å². The average molecular weight is 311 g/mol. The predicted molar refractivity (Wildman–Crippen MR) is 83.4 cm³/mol. The molecule has 0 fully saturated rings. The van der Waals surface area contributed by atoms with Crippen LogP contribution >= 0.6 is 0 Å². The number of nitrogens with zero attached hydrogens (tertiary/aromatic N) is 3. The van der Waals surface area contributed by atoms with Gasteiger partial charge < -0.3 is 14.7 Å². The molecule has 0 spiro atoms. The number of carboxylic acid groups (broad SMARTS) is 1. The Morgan fingerprint density at radius 3 is 2.55 bits per heavy atom. The minimum absolute atomic E-state index is 0.0636. The SMILES string of the molecule is COc1nc(CCN(C)C)cn([C@@H](CC(C)C)C(=O)O)c1=O. The summed E-state index contributed by atoms with van der Waals surface area (Å²) in [5.74, 6) is -0.939. The van der Waals surface area contributed by atoms with E-state index in [0.29, 0.717) is 18.5 Å². The highest BCUT2D eigenvalue weighted by molar-refractivity contribution is 5.71. The lowest BCUT2D eigenvalue weighted by molar-refractivity contribution is -0.141. The molecule has 0 unspecified atom stereocenters. The molecular formula is C15H25N3O4. The van der Waals surface area contributed by atoms with E-state index in [1.165, 1.54) is 17.9 Å². The molecule has 7 nitrogen and oxygen atoms in total. The minimum Gasteiger partial charge on any atom is -0.480 e. The van der Waals surface area contributed by atoms with E-state index in [2.05, 4.69) is 4.98 Å². The lowest BCUT2D eigenvalue weighted by Crippen LogP contribution is -2.32. The van der Waals surface area contributed by atoms with Crippen LogP contribution in [0.1, 0.15) is 32.0 Å². The van der Waals surface area contributed by atoms with Crippen LogP contribution < -0.4 is 10.3 Å². The summed E-state index contributed by atoms with van der Waals surface area (Å²) in [6.45, 7) is 4.59. The Balaban J connectivity index is 3.27. The largest absolute Gasteiger partial charge is 0.480 e. The highest BCUT2D eigenvalue weighted by Crippen LogP contribution is 2.18. The Kier molecular flexibility index (Phi) is 6.55. The number of aromatic nitrogens is 2. The summed E-state index contributed by atoms with van der Waals surface area (Å²) in [5, 5.41) is 9.44. The average Bonchev–Trinajstić information content (AvgIpc) is 2.43. The van der Waals surface area contributed by atoms with E-state index in [-0.39, 0.29) is 11.8 Å². The highest BCUT2D eigenvalue weighted by atomic mass is 16.5. The summed E-state index contributed by atoms with van der Waals surface area (Å²) < 4.78 is 6.25. The van der Waals surface area contributed by atoms with Gasteiger partial charge in [-0.2, -0.15) is 0 Å². The van der Waals surface area contributed by atoms with Crippen molar-refractivity contribution in [2.45, 2.75) is 32.7 Å². The van der Waals surface area contributed by atoms with E-state index in [4.69, 9.17) is 4.74 Å². The van der Waals surface area contributed by atoms with Gasteiger partial charge in [0.1, 0.15) is 6.04 Å². The third-order valence-corrected chi connectivity index (χ3v) is 3.27. The zero-order valence-electron chi connectivity index (χ0n) is 13.9. The Morgan fingerprint density at radius 1 is 1.45 bits per heavy atom. The molecule has 1 atom stereocenters. The Bertz CT molecular complexity index is 566. The van der Waals surface area contributed by atoms with Crippen LogP contribution in [0.4, 0.5) is 0 Å². The number of aliphatic carboxylic acids is 1. The zero-order valence-corrected chi connectivity index (χ0v) is 13.9. The highest BCUT2D eigenvalue weighted by Gasteiger charge is 2.24. The molecule has 0 radical (unpaired) electrons. The van der Waals surface area contributed by atoms with Gasteiger partial charge in [0.05, 0.1) is 12.8 Å². The molecule has 0 aromatic carbocycles. The quantitative estimate of drug-likeness (QED) is 0.772. The second-order valence-electron chi connectivity index (χ2n) is 5.99. The van der Waals surface area contributed by atoms with Gasteiger partial charge in [-0.05, 0) is 26.4 Å². The zero-order chi connectivity index (χ0) is 16.9. The molecule has 7 heteroatoms. The maximum Gasteiger partial charge on any atom is 0.326 e. The summed E-state index contributed by atoms with van der Waals surface area (Å²) in [6, 6.07) is -0.914. The lowest BCUT2D eigenvalue weighted by Gasteiger charge is -2.19. The first-order valence-electron chi connectivity index (χ1n) is 7.29. The van der Waals surface area contributed by atoms with Gasteiger partial charge in [-0.3, -0.25) is 9.36 Å². The van der Waals surface area contributed by atoms with Crippen LogP contribution in [0.3, 0.4) is 0 Å². The lowest BCUT2D eigenvalue weighted by atomic mass is 10.0. The fourth-order valence-corrected chi connectivity index (χ4v) is 2.14. The van der Waals surface area contributed by atoms with Gasteiger partial charge in [-0.25, -0.2) is 9.78 Å². The van der Waals surface area contributed by atoms with E-state index >= 15 is 0 Å². The minimum atomic E-state index is -1.03. The molecule has 1 rings (SSSR count). The molecule has 0 bridgehead atoms. The van der Waals surface area contributed by atoms with Gasteiger partial charge in [-0.1, -0.05) is 13.8 Å². The molecule has 0 saturated carbocycles. The van der Waals surface area contributed by atoms with Crippen LogP contribution in [0.25, 0.3) is 0 Å². The summed E-state index contributed by atoms with van der Waals surface area (Å²) in [4.78, 5) is 30.0. The molecule has 0 aliphatic carbocycles. The number of rotatable bonds is 8. The number of ether oxygens (including phenoxy) is 1. The van der Waals surface area contributed by atoms with E-state index in [9.17, 15) is 14.7 Å². The van der Waals surface area contributed by atoms with Crippen molar-refractivity contribution < 1.29 is 14.6 Å². The van der Waals surface area contributed by atoms with E-state index in [1.807, 2.05) is 32.8 Å². The molecule has 124 valence electrons. The standard InChI is InChI=1S/C15H25N3O4/c1-10(2)8-12(15(20)21)18-9-11(6-7-17(3)4)16-13(22-5)14(18)19/h9-10,12H,6-8H2,1-5H3,(H,20,21)/t12-/m0/s1. The Hall–Kier alpha value is -1.89. The molecule has 1 N–H and O–H groups in total. The van der Waals surface area contributed by atoms with Crippen LogP contribution in [-0.2, 0) is 11.2 Å². The van der Waals surface area contributed by atoms with Crippen molar-refractivity contribution in [3.63, 3.8) is 0 Å².